The minimum atomic E-state index is 0.239. The summed E-state index contributed by atoms with van der Waals surface area (Å²) in [5.41, 5.74) is 9.10. The molecular formula is C24H20. The molecule has 0 N–H and O–H groups in total. The molecule has 2 aliphatic carbocycles. The van der Waals surface area contributed by atoms with Crippen LogP contribution in [0.1, 0.15) is 27.8 Å². The fraction of sp³-hybridized carbons (Fsp3) is 0.167. The second kappa shape index (κ2) is 5.21. The molecule has 24 heavy (non-hydrogen) atoms. The SMILES string of the molecule is C(=C1c2ccccc2CC12Cc1ccccc1C2)c1ccccc1. The fourth-order valence-electron chi connectivity index (χ4n) is 4.64. The second-order valence-corrected chi connectivity index (χ2v) is 7.21. The third kappa shape index (κ3) is 2.06. The van der Waals surface area contributed by atoms with Crippen LogP contribution in [0.5, 0.6) is 0 Å². The van der Waals surface area contributed by atoms with Crippen molar-refractivity contribution in [3.8, 4) is 0 Å². The Kier molecular flexibility index (Phi) is 2.99. The third-order valence-electron chi connectivity index (χ3n) is 5.69. The first kappa shape index (κ1) is 13.8. The molecule has 1 spiro atoms. The molecule has 0 saturated heterocycles. The number of allylic oxidation sites excluding steroid dienone is 1. The maximum atomic E-state index is 2.43. The lowest BCUT2D eigenvalue weighted by molar-refractivity contribution is 0.442. The van der Waals surface area contributed by atoms with Crippen molar-refractivity contribution < 1.29 is 0 Å². The summed E-state index contributed by atoms with van der Waals surface area (Å²) in [4.78, 5) is 0. The fourth-order valence-corrected chi connectivity index (χ4v) is 4.64. The van der Waals surface area contributed by atoms with Crippen molar-refractivity contribution in [1.82, 2.24) is 0 Å². The van der Waals surface area contributed by atoms with E-state index in [9.17, 15) is 0 Å². The summed E-state index contributed by atoms with van der Waals surface area (Å²) < 4.78 is 0. The Morgan fingerprint density at radius 3 is 1.83 bits per heavy atom. The molecule has 0 aliphatic heterocycles. The van der Waals surface area contributed by atoms with Gasteiger partial charge in [0.2, 0.25) is 0 Å². The van der Waals surface area contributed by atoms with E-state index in [-0.39, 0.29) is 5.41 Å². The Labute approximate surface area is 143 Å². The molecule has 3 aromatic carbocycles. The van der Waals surface area contributed by atoms with Gasteiger partial charge in [0, 0.05) is 5.41 Å². The summed E-state index contributed by atoms with van der Waals surface area (Å²) in [7, 11) is 0. The van der Waals surface area contributed by atoms with Crippen LogP contribution in [0.2, 0.25) is 0 Å². The molecule has 0 atom stereocenters. The quantitative estimate of drug-likeness (QED) is 0.551. The van der Waals surface area contributed by atoms with E-state index in [1.54, 1.807) is 0 Å². The molecule has 0 saturated carbocycles. The minimum Gasteiger partial charge on any atom is -0.0622 e. The van der Waals surface area contributed by atoms with Crippen LogP contribution in [0, 0.1) is 5.41 Å². The van der Waals surface area contributed by atoms with Crippen molar-refractivity contribution in [2.45, 2.75) is 19.3 Å². The van der Waals surface area contributed by atoms with Gasteiger partial charge in [-0.2, -0.15) is 0 Å². The van der Waals surface area contributed by atoms with Crippen LogP contribution in [-0.2, 0) is 19.3 Å². The van der Waals surface area contributed by atoms with Crippen molar-refractivity contribution >= 4 is 11.6 Å². The topological polar surface area (TPSA) is 0 Å². The predicted molar refractivity (Wildman–Crippen MR) is 101 cm³/mol. The van der Waals surface area contributed by atoms with Crippen molar-refractivity contribution in [2.75, 3.05) is 0 Å². The second-order valence-electron chi connectivity index (χ2n) is 7.21. The Morgan fingerprint density at radius 1 is 0.583 bits per heavy atom. The van der Waals surface area contributed by atoms with Crippen molar-refractivity contribution in [3.05, 3.63) is 107 Å². The van der Waals surface area contributed by atoms with E-state index in [1.807, 2.05) is 0 Å². The minimum absolute atomic E-state index is 0.239. The molecule has 0 amide bonds. The summed E-state index contributed by atoms with van der Waals surface area (Å²) in [5.74, 6) is 0. The maximum absolute atomic E-state index is 2.43. The summed E-state index contributed by atoms with van der Waals surface area (Å²) in [6, 6.07) is 28.7. The van der Waals surface area contributed by atoms with E-state index in [1.165, 1.54) is 33.4 Å². The maximum Gasteiger partial charge on any atom is 0.00806 e. The number of fused-ring (bicyclic) bond motifs is 2. The molecule has 0 unspecified atom stereocenters. The van der Waals surface area contributed by atoms with E-state index in [0.717, 1.165) is 19.3 Å². The highest BCUT2D eigenvalue weighted by molar-refractivity contribution is 5.90. The van der Waals surface area contributed by atoms with E-state index in [2.05, 4.69) is 84.9 Å². The van der Waals surface area contributed by atoms with E-state index >= 15 is 0 Å². The van der Waals surface area contributed by atoms with Crippen LogP contribution in [-0.4, -0.2) is 0 Å². The van der Waals surface area contributed by atoms with E-state index in [4.69, 9.17) is 0 Å². The van der Waals surface area contributed by atoms with Gasteiger partial charge in [-0.1, -0.05) is 84.9 Å². The first-order valence-electron chi connectivity index (χ1n) is 8.76. The van der Waals surface area contributed by atoms with Gasteiger partial charge < -0.3 is 0 Å². The van der Waals surface area contributed by atoms with Crippen LogP contribution < -0.4 is 0 Å². The Morgan fingerprint density at radius 2 is 1.12 bits per heavy atom. The van der Waals surface area contributed by atoms with Gasteiger partial charge in [0.15, 0.2) is 0 Å². The van der Waals surface area contributed by atoms with Gasteiger partial charge in [-0.15, -0.1) is 0 Å². The number of benzene rings is 3. The first-order chi connectivity index (χ1) is 11.8. The molecule has 116 valence electrons. The molecule has 0 bridgehead atoms. The molecule has 5 rings (SSSR count). The zero-order chi connectivity index (χ0) is 16.0. The molecule has 0 fully saturated rings. The molecule has 3 aromatic rings. The molecule has 0 heteroatoms. The largest absolute Gasteiger partial charge is 0.0622 e. The average molecular weight is 308 g/mol. The van der Waals surface area contributed by atoms with Crippen LogP contribution in [0.3, 0.4) is 0 Å². The van der Waals surface area contributed by atoms with Crippen LogP contribution >= 0.6 is 0 Å². The first-order valence-corrected chi connectivity index (χ1v) is 8.76. The highest BCUT2D eigenvalue weighted by Crippen LogP contribution is 2.54. The van der Waals surface area contributed by atoms with Crippen molar-refractivity contribution in [3.63, 3.8) is 0 Å². The lowest BCUT2D eigenvalue weighted by atomic mass is 9.77. The van der Waals surface area contributed by atoms with Gasteiger partial charge in [-0.05, 0) is 52.7 Å². The van der Waals surface area contributed by atoms with Gasteiger partial charge >= 0.3 is 0 Å². The zero-order valence-electron chi connectivity index (χ0n) is 13.7. The third-order valence-corrected chi connectivity index (χ3v) is 5.69. The summed E-state index contributed by atoms with van der Waals surface area (Å²) in [6.07, 6.45) is 5.92. The number of hydrogen-bond acceptors (Lipinski definition) is 0. The highest BCUT2D eigenvalue weighted by atomic mass is 14.5. The van der Waals surface area contributed by atoms with Crippen LogP contribution in [0.4, 0.5) is 0 Å². The summed E-state index contributed by atoms with van der Waals surface area (Å²) in [5, 5.41) is 0. The number of hydrogen-bond donors (Lipinski definition) is 0. The lowest BCUT2D eigenvalue weighted by Crippen LogP contribution is -2.20. The molecule has 0 heterocycles. The monoisotopic (exact) mass is 308 g/mol. The van der Waals surface area contributed by atoms with Gasteiger partial charge in [0.25, 0.3) is 0 Å². The molecule has 0 radical (unpaired) electrons. The predicted octanol–water partition coefficient (Wildman–Crippen LogP) is 5.57. The van der Waals surface area contributed by atoms with Crippen molar-refractivity contribution in [1.29, 1.82) is 0 Å². The van der Waals surface area contributed by atoms with Crippen LogP contribution in [0.15, 0.2) is 78.9 Å². The Balaban J connectivity index is 1.67. The van der Waals surface area contributed by atoms with Gasteiger partial charge in [-0.3, -0.25) is 0 Å². The van der Waals surface area contributed by atoms with E-state index in [0.29, 0.717) is 0 Å². The highest BCUT2D eigenvalue weighted by Gasteiger charge is 2.45. The smallest absolute Gasteiger partial charge is 0.00806 e. The Hall–Kier alpha value is -2.60. The van der Waals surface area contributed by atoms with Gasteiger partial charge in [0.05, 0.1) is 0 Å². The van der Waals surface area contributed by atoms with Gasteiger partial charge in [0.1, 0.15) is 0 Å². The van der Waals surface area contributed by atoms with Crippen molar-refractivity contribution in [2.24, 2.45) is 5.41 Å². The Bertz CT molecular complexity index is 901. The lowest BCUT2D eigenvalue weighted by Gasteiger charge is -2.26. The summed E-state index contributed by atoms with van der Waals surface area (Å²) >= 11 is 0. The molecule has 2 aliphatic rings. The zero-order valence-corrected chi connectivity index (χ0v) is 13.7. The van der Waals surface area contributed by atoms with Crippen LogP contribution in [0.25, 0.3) is 11.6 Å². The van der Waals surface area contributed by atoms with Gasteiger partial charge in [-0.25, -0.2) is 0 Å². The molecule has 0 aromatic heterocycles. The molecule has 0 nitrogen and oxygen atoms in total. The van der Waals surface area contributed by atoms with E-state index < -0.39 is 0 Å². The normalized spacial score (nSPS) is 18.8. The standard InChI is InChI=1S/C24H20/c1-2-8-18(9-3-1)14-23-22-13-7-6-12-21(22)17-24(23)15-19-10-4-5-11-20(19)16-24/h1-14H,15-17H2. The average Bonchev–Trinajstić information content (AvgIpc) is 3.13. The summed E-state index contributed by atoms with van der Waals surface area (Å²) in [6.45, 7) is 0. The molecular weight excluding hydrogens is 288 g/mol. The number of rotatable bonds is 1.